The van der Waals surface area contributed by atoms with Crippen LogP contribution < -0.4 is 5.32 Å². The van der Waals surface area contributed by atoms with Crippen molar-refractivity contribution in [2.24, 2.45) is 0 Å². The monoisotopic (exact) mass is 353 g/mol. The average molecular weight is 354 g/mol. The minimum absolute atomic E-state index is 0.0789. The summed E-state index contributed by atoms with van der Waals surface area (Å²) in [6.07, 6.45) is 3.80. The topological polar surface area (TPSA) is 55.4 Å². The zero-order valence-electron chi connectivity index (χ0n) is 12.5. The summed E-state index contributed by atoms with van der Waals surface area (Å²) in [7, 11) is 0. The lowest BCUT2D eigenvalue weighted by atomic mass is 10.1. The fourth-order valence-electron chi connectivity index (χ4n) is 1.53. The maximum Gasteiger partial charge on any atom is 0.331 e. The van der Waals surface area contributed by atoms with Crippen molar-refractivity contribution < 1.29 is 14.3 Å². The zero-order valence-corrected chi connectivity index (χ0v) is 14.1. The molecule has 114 valence electrons. The number of esters is 1. The van der Waals surface area contributed by atoms with E-state index in [1.807, 2.05) is 39.0 Å². The number of rotatable bonds is 6. The Labute approximate surface area is 133 Å². The molecule has 0 fully saturated rings. The number of carbonyl (C=O) groups excluding carboxylic acids is 2. The molecule has 0 radical (unpaired) electrons. The highest BCUT2D eigenvalue weighted by Crippen LogP contribution is 2.19. The van der Waals surface area contributed by atoms with Crippen LogP contribution in [0.25, 0.3) is 6.08 Å². The van der Waals surface area contributed by atoms with Gasteiger partial charge in [-0.15, -0.1) is 0 Å². The Morgan fingerprint density at radius 2 is 2.14 bits per heavy atom. The van der Waals surface area contributed by atoms with Crippen LogP contribution >= 0.6 is 15.9 Å². The Morgan fingerprint density at radius 1 is 1.43 bits per heavy atom. The third-order valence-electron chi connectivity index (χ3n) is 2.92. The summed E-state index contributed by atoms with van der Waals surface area (Å²) in [6, 6.07) is 5.90. The van der Waals surface area contributed by atoms with Gasteiger partial charge in [0.1, 0.15) is 0 Å². The van der Waals surface area contributed by atoms with Crippen molar-refractivity contribution in [3.8, 4) is 0 Å². The van der Waals surface area contributed by atoms with Gasteiger partial charge in [0.15, 0.2) is 6.61 Å². The van der Waals surface area contributed by atoms with Gasteiger partial charge in [0.05, 0.1) is 0 Å². The standard InChI is InChI=1S/C16H20BrNO3/c1-4-12(3)18-15(19)10-21-16(20)8-7-13-6-5-11(2)9-14(13)17/h5-9,12H,4,10H2,1-3H3,(H,18,19)/b8-7+/t12-/m1/s1. The van der Waals surface area contributed by atoms with E-state index >= 15 is 0 Å². The smallest absolute Gasteiger partial charge is 0.331 e. The van der Waals surface area contributed by atoms with E-state index in [9.17, 15) is 9.59 Å². The number of aryl methyl sites for hydroxylation is 1. The van der Waals surface area contributed by atoms with E-state index in [4.69, 9.17) is 4.74 Å². The lowest BCUT2D eigenvalue weighted by molar-refractivity contribution is -0.144. The van der Waals surface area contributed by atoms with Crippen LogP contribution in [0, 0.1) is 6.92 Å². The molecule has 1 aromatic carbocycles. The van der Waals surface area contributed by atoms with Crippen LogP contribution in [0.15, 0.2) is 28.7 Å². The van der Waals surface area contributed by atoms with Gasteiger partial charge in [0, 0.05) is 16.6 Å². The molecule has 5 heteroatoms. The van der Waals surface area contributed by atoms with Crippen molar-refractivity contribution in [2.75, 3.05) is 6.61 Å². The van der Waals surface area contributed by atoms with E-state index in [1.165, 1.54) is 6.08 Å². The first-order chi connectivity index (χ1) is 9.92. The van der Waals surface area contributed by atoms with Crippen LogP contribution in [0.5, 0.6) is 0 Å². The van der Waals surface area contributed by atoms with Gasteiger partial charge in [0.2, 0.25) is 0 Å². The molecule has 0 saturated heterocycles. The lowest BCUT2D eigenvalue weighted by Gasteiger charge is -2.10. The van der Waals surface area contributed by atoms with E-state index in [-0.39, 0.29) is 18.6 Å². The second-order valence-corrected chi connectivity index (χ2v) is 5.70. The predicted molar refractivity (Wildman–Crippen MR) is 86.8 cm³/mol. The summed E-state index contributed by atoms with van der Waals surface area (Å²) in [5.74, 6) is -0.829. The Balaban J connectivity index is 2.46. The van der Waals surface area contributed by atoms with E-state index in [0.29, 0.717) is 0 Å². The minimum atomic E-state index is -0.540. The van der Waals surface area contributed by atoms with Gasteiger partial charge in [-0.2, -0.15) is 0 Å². The molecule has 4 nitrogen and oxygen atoms in total. The first-order valence-corrected chi connectivity index (χ1v) is 7.62. The highest BCUT2D eigenvalue weighted by molar-refractivity contribution is 9.10. The molecule has 0 aliphatic heterocycles. The molecule has 0 aliphatic carbocycles. The number of nitrogens with one attached hydrogen (secondary N) is 1. The number of carbonyl (C=O) groups is 2. The number of amides is 1. The summed E-state index contributed by atoms with van der Waals surface area (Å²) >= 11 is 3.43. The second-order valence-electron chi connectivity index (χ2n) is 4.84. The molecule has 0 saturated carbocycles. The molecule has 1 aromatic rings. The van der Waals surface area contributed by atoms with Crippen LogP contribution in [-0.2, 0) is 14.3 Å². The summed E-state index contributed by atoms with van der Waals surface area (Å²) in [5, 5.41) is 2.73. The molecule has 0 unspecified atom stereocenters. The highest BCUT2D eigenvalue weighted by atomic mass is 79.9. The third kappa shape index (κ3) is 6.58. The fraction of sp³-hybridized carbons (Fsp3) is 0.375. The predicted octanol–water partition coefficient (Wildman–Crippen LogP) is 3.23. The molecule has 0 aliphatic rings. The number of halogens is 1. The van der Waals surface area contributed by atoms with Crippen LogP contribution in [0.1, 0.15) is 31.4 Å². The molecule has 1 amide bonds. The van der Waals surface area contributed by atoms with Crippen molar-refractivity contribution in [2.45, 2.75) is 33.2 Å². The Morgan fingerprint density at radius 3 is 2.76 bits per heavy atom. The van der Waals surface area contributed by atoms with Gasteiger partial charge in [0.25, 0.3) is 5.91 Å². The van der Waals surface area contributed by atoms with Gasteiger partial charge in [-0.05, 0) is 43.5 Å². The quantitative estimate of drug-likeness (QED) is 0.630. The first-order valence-electron chi connectivity index (χ1n) is 6.82. The van der Waals surface area contributed by atoms with E-state index < -0.39 is 5.97 Å². The third-order valence-corrected chi connectivity index (χ3v) is 3.61. The molecular formula is C16H20BrNO3. The number of hydrogen-bond donors (Lipinski definition) is 1. The minimum Gasteiger partial charge on any atom is -0.452 e. The van der Waals surface area contributed by atoms with Gasteiger partial charge >= 0.3 is 5.97 Å². The van der Waals surface area contributed by atoms with E-state index in [0.717, 1.165) is 22.0 Å². The molecule has 0 bridgehead atoms. The molecule has 0 spiro atoms. The van der Waals surface area contributed by atoms with Crippen LogP contribution in [0.3, 0.4) is 0 Å². The average Bonchev–Trinajstić information content (AvgIpc) is 2.44. The fourth-order valence-corrected chi connectivity index (χ4v) is 2.15. The second kappa shape index (κ2) is 8.62. The Hall–Kier alpha value is -1.62. The highest BCUT2D eigenvalue weighted by Gasteiger charge is 2.07. The summed E-state index contributed by atoms with van der Waals surface area (Å²) in [4.78, 5) is 23.0. The SMILES string of the molecule is CC[C@@H](C)NC(=O)COC(=O)/C=C/c1ccc(C)cc1Br. The lowest BCUT2D eigenvalue weighted by Crippen LogP contribution is -2.35. The maximum absolute atomic E-state index is 11.6. The first kappa shape index (κ1) is 17.4. The molecule has 1 N–H and O–H groups in total. The van der Waals surface area contributed by atoms with E-state index in [2.05, 4.69) is 21.2 Å². The summed E-state index contributed by atoms with van der Waals surface area (Å²) in [5.41, 5.74) is 2.00. The molecule has 1 rings (SSSR count). The Kier molecular flexibility index (Phi) is 7.15. The van der Waals surface area contributed by atoms with Crippen LogP contribution in [-0.4, -0.2) is 24.5 Å². The van der Waals surface area contributed by atoms with Crippen molar-refractivity contribution in [3.63, 3.8) is 0 Å². The van der Waals surface area contributed by atoms with Crippen molar-refractivity contribution in [1.82, 2.24) is 5.32 Å². The molecular weight excluding hydrogens is 334 g/mol. The number of benzene rings is 1. The van der Waals surface area contributed by atoms with Gasteiger partial charge in [-0.25, -0.2) is 4.79 Å². The van der Waals surface area contributed by atoms with Gasteiger partial charge in [-0.3, -0.25) is 4.79 Å². The van der Waals surface area contributed by atoms with Gasteiger partial charge < -0.3 is 10.1 Å². The van der Waals surface area contributed by atoms with Crippen molar-refractivity contribution in [3.05, 3.63) is 39.9 Å². The van der Waals surface area contributed by atoms with Crippen LogP contribution in [0.2, 0.25) is 0 Å². The normalized spacial score (nSPS) is 12.2. The molecule has 21 heavy (non-hydrogen) atoms. The van der Waals surface area contributed by atoms with Gasteiger partial charge in [-0.1, -0.05) is 35.0 Å². The summed E-state index contributed by atoms with van der Waals surface area (Å²) in [6.45, 7) is 5.60. The molecule has 1 atom stereocenters. The van der Waals surface area contributed by atoms with Crippen molar-refractivity contribution in [1.29, 1.82) is 0 Å². The van der Waals surface area contributed by atoms with Crippen LogP contribution in [0.4, 0.5) is 0 Å². The Bertz CT molecular complexity index is 540. The zero-order chi connectivity index (χ0) is 15.8. The number of hydrogen-bond acceptors (Lipinski definition) is 3. The van der Waals surface area contributed by atoms with Crippen molar-refractivity contribution >= 4 is 33.9 Å². The van der Waals surface area contributed by atoms with E-state index in [1.54, 1.807) is 6.08 Å². The summed E-state index contributed by atoms with van der Waals surface area (Å²) < 4.78 is 5.79. The molecule has 0 heterocycles. The number of ether oxygens (including phenoxy) is 1. The largest absolute Gasteiger partial charge is 0.452 e. The molecule has 0 aromatic heterocycles. The maximum atomic E-state index is 11.6.